The highest BCUT2D eigenvalue weighted by Gasteiger charge is 2.31. The zero-order valence-electron chi connectivity index (χ0n) is 13.8. The fourth-order valence-electron chi connectivity index (χ4n) is 1.95. The second-order valence-corrected chi connectivity index (χ2v) is 6.12. The van der Waals surface area contributed by atoms with E-state index in [1.54, 1.807) is 0 Å². The first-order chi connectivity index (χ1) is 8.73. The molecule has 0 amide bonds. The first-order valence-corrected chi connectivity index (χ1v) is 7.22. The highest BCUT2D eigenvalue weighted by Crippen LogP contribution is 2.19. The number of rotatable bonds is 9. The van der Waals surface area contributed by atoms with Gasteiger partial charge in [-0.1, -0.05) is 6.92 Å². The zero-order chi connectivity index (χ0) is 15.1. The molecule has 0 bridgehead atoms. The number of likely N-dealkylation sites (N-methyl/N-ethyl adjacent to an activating group) is 1. The van der Waals surface area contributed by atoms with E-state index < -0.39 is 5.54 Å². The average Bonchev–Trinajstić information content (AvgIpc) is 2.41. The van der Waals surface area contributed by atoms with Crippen LogP contribution in [0, 0.1) is 0 Å². The number of ether oxygens (including phenoxy) is 1. The van der Waals surface area contributed by atoms with E-state index in [9.17, 15) is 4.79 Å². The number of hydrogen-bond donors (Lipinski definition) is 1. The third kappa shape index (κ3) is 5.49. The Morgan fingerprint density at radius 3 is 2.26 bits per heavy atom. The number of unbranched alkanes of at least 4 members (excludes halogenated alkanes) is 1. The summed E-state index contributed by atoms with van der Waals surface area (Å²) in [6.45, 7) is 9.70. The number of nitrogens with zero attached hydrogens (tertiary/aromatic N) is 1. The maximum absolute atomic E-state index is 11.7. The van der Waals surface area contributed by atoms with Crippen molar-refractivity contribution in [3.8, 4) is 0 Å². The molecule has 0 radical (unpaired) electrons. The quantitative estimate of drug-likeness (QED) is 0.517. The standard InChI is InChI=1S/C15H32N2O2/c1-8-14(2,3)17(6)12-10-9-11-15(4,16-5)13(18)19-7/h16H,8-12H2,1-7H3. The lowest BCUT2D eigenvalue weighted by molar-refractivity contribution is -0.148. The monoisotopic (exact) mass is 272 g/mol. The highest BCUT2D eigenvalue weighted by atomic mass is 16.5. The lowest BCUT2D eigenvalue weighted by atomic mass is 9.94. The fraction of sp³-hybridized carbons (Fsp3) is 0.933. The van der Waals surface area contributed by atoms with Gasteiger partial charge in [0.05, 0.1) is 7.11 Å². The maximum atomic E-state index is 11.7. The van der Waals surface area contributed by atoms with Crippen LogP contribution in [0.3, 0.4) is 0 Å². The SMILES string of the molecule is CCC(C)(C)N(C)CCCCC(C)(NC)C(=O)OC. The van der Waals surface area contributed by atoms with Crippen molar-refractivity contribution in [1.29, 1.82) is 0 Å². The molecule has 0 fully saturated rings. The van der Waals surface area contributed by atoms with Crippen molar-refractivity contribution >= 4 is 5.97 Å². The summed E-state index contributed by atoms with van der Waals surface area (Å²) < 4.78 is 4.84. The molecule has 0 aromatic carbocycles. The van der Waals surface area contributed by atoms with Crippen molar-refractivity contribution < 1.29 is 9.53 Å². The van der Waals surface area contributed by atoms with Crippen LogP contribution in [0.15, 0.2) is 0 Å². The van der Waals surface area contributed by atoms with Crippen LogP contribution in [-0.2, 0) is 9.53 Å². The van der Waals surface area contributed by atoms with Gasteiger partial charge < -0.3 is 15.0 Å². The zero-order valence-corrected chi connectivity index (χ0v) is 13.8. The number of methoxy groups -OCH3 is 1. The Hall–Kier alpha value is -0.610. The molecule has 0 aromatic rings. The molecule has 1 atom stereocenters. The summed E-state index contributed by atoms with van der Waals surface area (Å²) in [4.78, 5) is 14.1. The molecule has 0 rings (SSSR count). The Morgan fingerprint density at radius 1 is 1.26 bits per heavy atom. The van der Waals surface area contributed by atoms with Crippen molar-refractivity contribution in [3.63, 3.8) is 0 Å². The van der Waals surface area contributed by atoms with Crippen LogP contribution >= 0.6 is 0 Å². The van der Waals surface area contributed by atoms with Gasteiger partial charge in [-0.3, -0.25) is 4.79 Å². The summed E-state index contributed by atoms with van der Waals surface area (Å²) in [6, 6.07) is 0. The first kappa shape index (κ1) is 18.4. The van der Waals surface area contributed by atoms with E-state index in [1.165, 1.54) is 7.11 Å². The Labute approximate surface area is 118 Å². The predicted octanol–water partition coefficient (Wildman–Crippen LogP) is 2.43. The van der Waals surface area contributed by atoms with Crippen molar-refractivity contribution in [3.05, 3.63) is 0 Å². The number of carbonyl (C=O) groups excluding carboxylic acids is 1. The van der Waals surface area contributed by atoms with Gasteiger partial charge in [-0.25, -0.2) is 0 Å². The number of nitrogens with one attached hydrogen (secondary N) is 1. The molecule has 1 unspecified atom stereocenters. The Bertz CT molecular complexity index is 279. The number of hydrogen-bond acceptors (Lipinski definition) is 4. The molecule has 0 aromatic heterocycles. The van der Waals surface area contributed by atoms with Crippen LogP contribution in [0.4, 0.5) is 0 Å². The Kier molecular flexibility index (Phi) is 7.60. The second-order valence-electron chi connectivity index (χ2n) is 6.12. The molecule has 4 nitrogen and oxygen atoms in total. The summed E-state index contributed by atoms with van der Waals surface area (Å²) in [5.74, 6) is -0.183. The summed E-state index contributed by atoms with van der Waals surface area (Å²) in [7, 11) is 5.42. The van der Waals surface area contributed by atoms with Gasteiger partial charge in [-0.05, 0) is 67.1 Å². The van der Waals surface area contributed by atoms with Crippen molar-refractivity contribution in [1.82, 2.24) is 10.2 Å². The van der Waals surface area contributed by atoms with Crippen LogP contribution in [0.25, 0.3) is 0 Å². The van der Waals surface area contributed by atoms with Crippen LogP contribution in [0.1, 0.15) is 53.4 Å². The molecule has 0 aliphatic heterocycles. The molecule has 0 aliphatic carbocycles. The molecular weight excluding hydrogens is 240 g/mol. The maximum Gasteiger partial charge on any atom is 0.325 e. The van der Waals surface area contributed by atoms with Crippen molar-refractivity contribution in [2.75, 3.05) is 27.7 Å². The van der Waals surface area contributed by atoms with Gasteiger partial charge in [0.25, 0.3) is 0 Å². The van der Waals surface area contributed by atoms with Gasteiger partial charge in [0.15, 0.2) is 0 Å². The van der Waals surface area contributed by atoms with Crippen LogP contribution in [0.2, 0.25) is 0 Å². The van der Waals surface area contributed by atoms with Gasteiger partial charge in [0, 0.05) is 5.54 Å². The minimum absolute atomic E-state index is 0.183. The minimum atomic E-state index is -0.562. The Morgan fingerprint density at radius 2 is 1.84 bits per heavy atom. The molecule has 1 N–H and O–H groups in total. The highest BCUT2D eigenvalue weighted by molar-refractivity contribution is 5.80. The van der Waals surface area contributed by atoms with E-state index in [0.717, 1.165) is 32.2 Å². The summed E-state index contributed by atoms with van der Waals surface area (Å²) in [6.07, 6.45) is 4.04. The first-order valence-electron chi connectivity index (χ1n) is 7.22. The molecule has 4 heteroatoms. The molecule has 0 saturated carbocycles. The minimum Gasteiger partial charge on any atom is -0.468 e. The normalized spacial score (nSPS) is 15.4. The molecule has 114 valence electrons. The van der Waals surface area contributed by atoms with Crippen LogP contribution in [0.5, 0.6) is 0 Å². The topological polar surface area (TPSA) is 41.6 Å². The summed E-state index contributed by atoms with van der Waals surface area (Å²) in [5, 5.41) is 3.07. The van der Waals surface area contributed by atoms with E-state index in [4.69, 9.17) is 4.74 Å². The summed E-state index contributed by atoms with van der Waals surface area (Å²) in [5.41, 5.74) is -0.317. The van der Waals surface area contributed by atoms with E-state index in [1.807, 2.05) is 14.0 Å². The molecule has 0 spiro atoms. The van der Waals surface area contributed by atoms with E-state index >= 15 is 0 Å². The summed E-state index contributed by atoms with van der Waals surface area (Å²) >= 11 is 0. The van der Waals surface area contributed by atoms with E-state index in [2.05, 4.69) is 38.0 Å². The smallest absolute Gasteiger partial charge is 0.325 e. The van der Waals surface area contributed by atoms with Gasteiger partial charge in [0.1, 0.15) is 5.54 Å². The van der Waals surface area contributed by atoms with E-state index in [-0.39, 0.29) is 11.5 Å². The van der Waals surface area contributed by atoms with Crippen LogP contribution < -0.4 is 5.32 Å². The molecule has 0 heterocycles. The lowest BCUT2D eigenvalue weighted by Gasteiger charge is -2.35. The third-order valence-electron chi connectivity index (χ3n) is 4.51. The van der Waals surface area contributed by atoms with Crippen molar-refractivity contribution in [2.24, 2.45) is 0 Å². The van der Waals surface area contributed by atoms with E-state index in [0.29, 0.717) is 0 Å². The van der Waals surface area contributed by atoms with Gasteiger partial charge in [-0.15, -0.1) is 0 Å². The predicted molar refractivity (Wildman–Crippen MR) is 80.3 cm³/mol. The largest absolute Gasteiger partial charge is 0.468 e. The van der Waals surface area contributed by atoms with Crippen LogP contribution in [-0.4, -0.2) is 49.7 Å². The fourth-order valence-corrected chi connectivity index (χ4v) is 1.95. The molecule has 0 aliphatic rings. The van der Waals surface area contributed by atoms with Gasteiger partial charge >= 0.3 is 5.97 Å². The molecule has 19 heavy (non-hydrogen) atoms. The number of esters is 1. The average molecular weight is 272 g/mol. The second kappa shape index (κ2) is 7.85. The van der Waals surface area contributed by atoms with Gasteiger partial charge in [-0.2, -0.15) is 0 Å². The number of carbonyl (C=O) groups is 1. The molecule has 0 saturated heterocycles. The Balaban J connectivity index is 4.13. The molecular formula is C15H32N2O2. The van der Waals surface area contributed by atoms with Gasteiger partial charge in [0.2, 0.25) is 0 Å². The lowest BCUT2D eigenvalue weighted by Crippen LogP contribution is -2.48. The van der Waals surface area contributed by atoms with Crippen molar-refractivity contribution in [2.45, 2.75) is 64.5 Å². The third-order valence-corrected chi connectivity index (χ3v) is 4.51.